The highest BCUT2D eigenvalue weighted by Crippen LogP contribution is 2.37. The number of aryl methyl sites for hydroxylation is 1. The molecule has 0 aliphatic heterocycles. The van der Waals surface area contributed by atoms with E-state index >= 15 is 0 Å². The van der Waals surface area contributed by atoms with Gasteiger partial charge in [0, 0.05) is 11.2 Å². The third-order valence-corrected chi connectivity index (χ3v) is 4.29. The molecule has 0 spiro atoms. The molecule has 0 atom stereocenters. The molecule has 0 bridgehead atoms. The second-order valence-electron chi connectivity index (χ2n) is 5.39. The Morgan fingerprint density at radius 1 is 1.15 bits per heavy atom. The summed E-state index contributed by atoms with van der Waals surface area (Å²) in [4.78, 5) is 16.8. The maximum Gasteiger partial charge on any atom is 0.418 e. The summed E-state index contributed by atoms with van der Waals surface area (Å²) in [5.74, 6) is -0.791. The van der Waals surface area contributed by atoms with Gasteiger partial charge in [0.1, 0.15) is 5.69 Å². The van der Waals surface area contributed by atoms with Gasteiger partial charge in [-0.1, -0.05) is 34.8 Å². The van der Waals surface area contributed by atoms with Crippen molar-refractivity contribution in [1.82, 2.24) is 9.38 Å². The average molecular weight is 423 g/mol. The molecule has 0 aliphatic rings. The molecule has 26 heavy (non-hydrogen) atoms. The van der Waals surface area contributed by atoms with Gasteiger partial charge in [-0.25, -0.2) is 4.98 Å². The first-order valence-corrected chi connectivity index (χ1v) is 8.23. The largest absolute Gasteiger partial charge is 0.418 e. The molecule has 0 saturated heterocycles. The van der Waals surface area contributed by atoms with E-state index in [1.165, 1.54) is 22.7 Å². The SMILES string of the molecule is Cc1nc2c(Cl)cc(Cl)cn2c1C(=O)Nc1ccc(Cl)cc1C(F)(F)F. The number of carbonyl (C=O) groups excluding carboxylic acids is 1. The number of carbonyl (C=O) groups is 1. The van der Waals surface area contributed by atoms with Crippen LogP contribution in [-0.4, -0.2) is 15.3 Å². The van der Waals surface area contributed by atoms with Crippen LogP contribution < -0.4 is 5.32 Å². The Morgan fingerprint density at radius 3 is 2.50 bits per heavy atom. The summed E-state index contributed by atoms with van der Waals surface area (Å²) in [5, 5.41) is 2.61. The lowest BCUT2D eigenvalue weighted by atomic mass is 10.1. The number of hydrogen-bond acceptors (Lipinski definition) is 2. The minimum Gasteiger partial charge on any atom is -0.320 e. The quantitative estimate of drug-likeness (QED) is 0.561. The molecule has 0 unspecified atom stereocenters. The highest BCUT2D eigenvalue weighted by Gasteiger charge is 2.34. The van der Waals surface area contributed by atoms with Crippen molar-refractivity contribution in [1.29, 1.82) is 0 Å². The van der Waals surface area contributed by atoms with E-state index in [-0.39, 0.29) is 32.1 Å². The lowest BCUT2D eigenvalue weighted by molar-refractivity contribution is -0.136. The molecule has 3 aromatic rings. The molecule has 1 N–H and O–H groups in total. The highest BCUT2D eigenvalue weighted by atomic mass is 35.5. The summed E-state index contributed by atoms with van der Waals surface area (Å²) in [5.41, 5.74) is -0.900. The van der Waals surface area contributed by atoms with Crippen molar-refractivity contribution < 1.29 is 18.0 Å². The van der Waals surface area contributed by atoms with Crippen LogP contribution >= 0.6 is 34.8 Å². The molecular weight excluding hydrogens is 414 g/mol. The fraction of sp³-hybridized carbons (Fsp3) is 0.125. The molecule has 1 aromatic carbocycles. The third-order valence-electron chi connectivity index (χ3n) is 3.57. The Morgan fingerprint density at radius 2 is 1.85 bits per heavy atom. The van der Waals surface area contributed by atoms with Crippen LogP contribution in [0, 0.1) is 6.92 Å². The van der Waals surface area contributed by atoms with Gasteiger partial charge in [-0.3, -0.25) is 9.20 Å². The Labute approximate surface area is 160 Å². The molecule has 4 nitrogen and oxygen atoms in total. The van der Waals surface area contributed by atoms with Crippen molar-refractivity contribution in [2.75, 3.05) is 5.32 Å². The zero-order valence-corrected chi connectivity index (χ0v) is 15.2. The second-order valence-corrected chi connectivity index (χ2v) is 6.67. The normalized spacial score (nSPS) is 11.8. The van der Waals surface area contributed by atoms with Crippen molar-refractivity contribution in [3.8, 4) is 0 Å². The molecular formula is C16H9Cl3F3N3O. The molecule has 0 radical (unpaired) electrons. The molecule has 0 aliphatic carbocycles. The first kappa shape index (κ1) is 18.8. The maximum absolute atomic E-state index is 13.2. The molecule has 1 amide bonds. The van der Waals surface area contributed by atoms with Crippen LogP contribution in [0.25, 0.3) is 5.65 Å². The number of amides is 1. The summed E-state index contributed by atoms with van der Waals surface area (Å²) in [6.45, 7) is 1.54. The van der Waals surface area contributed by atoms with E-state index in [1.807, 2.05) is 0 Å². The van der Waals surface area contributed by atoms with Crippen LogP contribution in [0.15, 0.2) is 30.5 Å². The van der Waals surface area contributed by atoms with Crippen molar-refractivity contribution in [2.45, 2.75) is 13.1 Å². The first-order chi connectivity index (χ1) is 12.1. The van der Waals surface area contributed by atoms with Gasteiger partial charge < -0.3 is 5.32 Å². The number of hydrogen-bond donors (Lipinski definition) is 1. The van der Waals surface area contributed by atoms with Gasteiger partial charge in [0.15, 0.2) is 5.65 Å². The van der Waals surface area contributed by atoms with Gasteiger partial charge in [0.25, 0.3) is 5.91 Å². The molecule has 3 rings (SSSR count). The summed E-state index contributed by atoms with van der Waals surface area (Å²) in [7, 11) is 0. The van der Waals surface area contributed by atoms with Gasteiger partial charge in [-0.2, -0.15) is 13.2 Å². The fourth-order valence-corrected chi connectivity index (χ4v) is 3.19. The number of rotatable bonds is 2. The number of benzene rings is 1. The van der Waals surface area contributed by atoms with Crippen LogP contribution in [0.5, 0.6) is 0 Å². The molecule has 0 saturated carbocycles. The summed E-state index contributed by atoms with van der Waals surface area (Å²) >= 11 is 17.6. The van der Waals surface area contributed by atoms with E-state index in [2.05, 4.69) is 10.3 Å². The van der Waals surface area contributed by atoms with Gasteiger partial charge in [-0.05, 0) is 31.2 Å². The number of nitrogens with zero attached hydrogens (tertiary/aromatic N) is 2. The summed E-state index contributed by atoms with van der Waals surface area (Å²) in [6, 6.07) is 4.53. The number of anilines is 1. The van der Waals surface area contributed by atoms with Crippen LogP contribution in [0.1, 0.15) is 21.7 Å². The van der Waals surface area contributed by atoms with E-state index in [0.717, 1.165) is 12.1 Å². The predicted molar refractivity (Wildman–Crippen MR) is 94.4 cm³/mol. The lowest BCUT2D eigenvalue weighted by Gasteiger charge is -2.14. The van der Waals surface area contributed by atoms with E-state index in [0.29, 0.717) is 0 Å². The van der Waals surface area contributed by atoms with Crippen LogP contribution in [0.4, 0.5) is 18.9 Å². The lowest BCUT2D eigenvalue weighted by Crippen LogP contribution is -2.19. The van der Waals surface area contributed by atoms with Gasteiger partial charge in [-0.15, -0.1) is 0 Å². The molecule has 0 fully saturated rings. The number of alkyl halides is 3. The fourth-order valence-electron chi connectivity index (χ4n) is 2.50. The van der Waals surface area contributed by atoms with E-state index in [4.69, 9.17) is 34.8 Å². The zero-order valence-electron chi connectivity index (χ0n) is 13.0. The summed E-state index contributed by atoms with van der Waals surface area (Å²) in [6.07, 6.45) is -3.28. The minimum atomic E-state index is -4.69. The van der Waals surface area contributed by atoms with E-state index in [1.54, 1.807) is 6.92 Å². The van der Waals surface area contributed by atoms with E-state index in [9.17, 15) is 18.0 Å². The van der Waals surface area contributed by atoms with Crippen LogP contribution in [0.2, 0.25) is 15.1 Å². The molecule has 2 aromatic heterocycles. The molecule has 2 heterocycles. The maximum atomic E-state index is 13.2. The Kier molecular flexibility index (Phi) is 4.81. The van der Waals surface area contributed by atoms with Crippen molar-refractivity contribution in [3.63, 3.8) is 0 Å². The number of imidazole rings is 1. The number of pyridine rings is 1. The molecule has 136 valence electrons. The topological polar surface area (TPSA) is 46.4 Å². The van der Waals surface area contributed by atoms with Crippen molar-refractivity contribution in [2.24, 2.45) is 0 Å². The third kappa shape index (κ3) is 3.47. The standard InChI is InChI=1S/C16H9Cl3F3N3O/c1-7-13(25-6-9(18)5-11(19)14(25)23-7)15(26)24-12-3-2-8(17)4-10(12)16(20,21)22/h2-6H,1H3,(H,24,26). The van der Waals surface area contributed by atoms with Gasteiger partial charge in [0.2, 0.25) is 0 Å². The molecule has 10 heteroatoms. The second kappa shape index (κ2) is 6.64. The Hall–Kier alpha value is -1.96. The first-order valence-electron chi connectivity index (χ1n) is 7.09. The van der Waals surface area contributed by atoms with Crippen molar-refractivity contribution >= 4 is 52.0 Å². The number of halogens is 6. The van der Waals surface area contributed by atoms with Crippen LogP contribution in [-0.2, 0) is 6.18 Å². The number of fused-ring (bicyclic) bond motifs is 1. The van der Waals surface area contributed by atoms with Gasteiger partial charge >= 0.3 is 6.18 Å². The minimum absolute atomic E-state index is 0.0208. The monoisotopic (exact) mass is 421 g/mol. The zero-order chi connectivity index (χ0) is 19.2. The number of nitrogens with one attached hydrogen (secondary N) is 1. The summed E-state index contributed by atoms with van der Waals surface area (Å²) < 4.78 is 40.9. The van der Waals surface area contributed by atoms with Crippen molar-refractivity contribution in [3.05, 3.63) is 62.5 Å². The Balaban J connectivity index is 2.08. The average Bonchev–Trinajstić information content (AvgIpc) is 2.84. The van der Waals surface area contributed by atoms with Gasteiger partial charge in [0.05, 0.1) is 27.0 Å². The van der Waals surface area contributed by atoms with E-state index < -0.39 is 23.3 Å². The Bertz CT molecular complexity index is 1030. The predicted octanol–water partition coefficient (Wildman–Crippen LogP) is 5.87. The smallest absolute Gasteiger partial charge is 0.320 e. The highest BCUT2D eigenvalue weighted by molar-refractivity contribution is 6.36. The number of aromatic nitrogens is 2. The van der Waals surface area contributed by atoms with Crippen LogP contribution in [0.3, 0.4) is 0 Å².